The van der Waals surface area contributed by atoms with E-state index >= 15 is 0 Å². The minimum atomic E-state index is -0.435. The molecule has 1 saturated carbocycles. The maximum Gasteiger partial charge on any atom is 0.245 e. The van der Waals surface area contributed by atoms with Crippen molar-refractivity contribution in [3.8, 4) is 0 Å². The highest BCUT2D eigenvalue weighted by atomic mass is 16.2. The van der Waals surface area contributed by atoms with Crippen molar-refractivity contribution in [3.63, 3.8) is 0 Å². The third-order valence-corrected chi connectivity index (χ3v) is 5.15. The summed E-state index contributed by atoms with van der Waals surface area (Å²) in [5.74, 6) is 0.188. The molecule has 0 aromatic heterocycles. The minimum Gasteiger partial charge on any atom is -0.344 e. The number of carbonyl (C=O) groups is 2. The molecule has 0 radical (unpaired) electrons. The molecule has 4 nitrogen and oxygen atoms in total. The molecule has 0 saturated heterocycles. The Balaban J connectivity index is 1.56. The van der Waals surface area contributed by atoms with Crippen LogP contribution in [0.15, 0.2) is 24.3 Å². The molecule has 2 aliphatic rings. The van der Waals surface area contributed by atoms with Crippen LogP contribution in [0, 0.1) is 5.92 Å². The van der Waals surface area contributed by atoms with E-state index in [1.165, 1.54) is 17.5 Å². The first-order valence-corrected chi connectivity index (χ1v) is 8.81. The zero-order valence-corrected chi connectivity index (χ0v) is 13.9. The number of amides is 2. The van der Waals surface area contributed by atoms with Gasteiger partial charge in [0, 0.05) is 19.0 Å². The molecular formula is C19H26N2O2. The topological polar surface area (TPSA) is 49.4 Å². The third-order valence-electron chi connectivity index (χ3n) is 5.15. The average Bonchev–Trinajstić information content (AvgIpc) is 2.61. The Morgan fingerprint density at radius 1 is 1.13 bits per heavy atom. The van der Waals surface area contributed by atoms with E-state index in [1.54, 1.807) is 0 Å². The van der Waals surface area contributed by atoms with E-state index < -0.39 is 6.04 Å². The van der Waals surface area contributed by atoms with Gasteiger partial charge in [0.2, 0.25) is 11.8 Å². The van der Waals surface area contributed by atoms with Crippen molar-refractivity contribution in [2.75, 3.05) is 6.54 Å². The molecule has 1 fully saturated rings. The molecule has 23 heavy (non-hydrogen) atoms. The highest BCUT2D eigenvalue weighted by Gasteiger charge is 2.28. The molecule has 124 valence electrons. The molecular weight excluding hydrogens is 288 g/mol. The smallest absolute Gasteiger partial charge is 0.245 e. The van der Waals surface area contributed by atoms with Crippen LogP contribution >= 0.6 is 0 Å². The van der Waals surface area contributed by atoms with E-state index in [-0.39, 0.29) is 17.7 Å². The summed E-state index contributed by atoms with van der Waals surface area (Å²) in [5, 5.41) is 2.94. The lowest BCUT2D eigenvalue weighted by Gasteiger charge is -2.31. The van der Waals surface area contributed by atoms with Crippen molar-refractivity contribution >= 4 is 11.8 Å². The number of hydrogen-bond acceptors (Lipinski definition) is 2. The molecule has 1 heterocycles. The third kappa shape index (κ3) is 3.74. The average molecular weight is 314 g/mol. The molecule has 1 aliphatic heterocycles. The van der Waals surface area contributed by atoms with E-state index in [0.717, 1.165) is 38.6 Å². The summed E-state index contributed by atoms with van der Waals surface area (Å²) in [4.78, 5) is 26.8. The molecule has 1 aromatic rings. The number of fused-ring (bicyclic) bond motifs is 1. The molecule has 1 atom stereocenters. The Hall–Kier alpha value is -1.84. The zero-order chi connectivity index (χ0) is 16.2. The van der Waals surface area contributed by atoms with E-state index in [0.29, 0.717) is 6.54 Å². The monoisotopic (exact) mass is 314 g/mol. The molecule has 0 bridgehead atoms. The second kappa shape index (κ2) is 7.16. The van der Waals surface area contributed by atoms with Gasteiger partial charge in [0.1, 0.15) is 6.04 Å². The number of nitrogens with one attached hydrogen (secondary N) is 1. The number of carbonyl (C=O) groups excluding carboxylic acids is 2. The minimum absolute atomic E-state index is 0.0312. The molecule has 0 unspecified atom stereocenters. The van der Waals surface area contributed by atoms with Crippen LogP contribution in [0.5, 0.6) is 0 Å². The summed E-state index contributed by atoms with van der Waals surface area (Å²) >= 11 is 0. The fourth-order valence-corrected chi connectivity index (χ4v) is 3.72. The van der Waals surface area contributed by atoms with Gasteiger partial charge < -0.3 is 10.2 Å². The van der Waals surface area contributed by atoms with Crippen LogP contribution in [-0.2, 0) is 22.6 Å². The van der Waals surface area contributed by atoms with Crippen LogP contribution in [0.25, 0.3) is 0 Å². The maximum atomic E-state index is 12.6. The Morgan fingerprint density at radius 2 is 1.83 bits per heavy atom. The van der Waals surface area contributed by atoms with Crippen molar-refractivity contribution < 1.29 is 9.59 Å². The highest BCUT2D eigenvalue weighted by Crippen LogP contribution is 2.24. The second-order valence-electron chi connectivity index (χ2n) is 6.84. The quantitative estimate of drug-likeness (QED) is 0.932. The first-order chi connectivity index (χ1) is 11.1. The lowest BCUT2D eigenvalue weighted by atomic mass is 9.88. The summed E-state index contributed by atoms with van der Waals surface area (Å²) in [6.07, 6.45) is 6.30. The SMILES string of the molecule is C[C@H](NC(=O)C1CCCCC1)C(=O)N1CCc2ccccc2C1. The van der Waals surface area contributed by atoms with Crippen molar-refractivity contribution in [1.29, 1.82) is 0 Å². The lowest BCUT2D eigenvalue weighted by molar-refractivity contribution is -0.138. The Bertz CT molecular complexity index is 578. The maximum absolute atomic E-state index is 12.6. The van der Waals surface area contributed by atoms with Crippen LogP contribution in [0.3, 0.4) is 0 Å². The van der Waals surface area contributed by atoms with Crippen LogP contribution in [0.2, 0.25) is 0 Å². The van der Waals surface area contributed by atoms with Gasteiger partial charge in [-0.2, -0.15) is 0 Å². The first-order valence-electron chi connectivity index (χ1n) is 8.81. The first kappa shape index (κ1) is 16.0. The number of rotatable bonds is 3. The predicted octanol–water partition coefficient (Wildman–Crippen LogP) is 2.66. The van der Waals surface area contributed by atoms with Crippen LogP contribution in [0.4, 0.5) is 0 Å². The van der Waals surface area contributed by atoms with E-state index in [9.17, 15) is 9.59 Å². The van der Waals surface area contributed by atoms with Gasteiger partial charge in [0.15, 0.2) is 0 Å². The predicted molar refractivity (Wildman–Crippen MR) is 89.7 cm³/mol. The fraction of sp³-hybridized carbons (Fsp3) is 0.579. The highest BCUT2D eigenvalue weighted by molar-refractivity contribution is 5.88. The summed E-state index contributed by atoms with van der Waals surface area (Å²) in [5.41, 5.74) is 2.55. The fourth-order valence-electron chi connectivity index (χ4n) is 3.72. The zero-order valence-electron chi connectivity index (χ0n) is 13.9. The van der Waals surface area contributed by atoms with E-state index in [2.05, 4.69) is 17.4 Å². The number of nitrogens with zero attached hydrogens (tertiary/aromatic N) is 1. The van der Waals surface area contributed by atoms with Crippen molar-refractivity contribution in [3.05, 3.63) is 35.4 Å². The standard InChI is InChI=1S/C19H26N2O2/c1-14(20-18(22)16-8-3-2-4-9-16)19(23)21-12-11-15-7-5-6-10-17(15)13-21/h5-7,10,14,16H,2-4,8-9,11-13H2,1H3,(H,20,22)/t14-/m0/s1. The van der Waals surface area contributed by atoms with Crippen molar-refractivity contribution in [1.82, 2.24) is 10.2 Å². The number of hydrogen-bond donors (Lipinski definition) is 1. The molecule has 1 N–H and O–H groups in total. The van der Waals surface area contributed by atoms with Crippen LogP contribution in [0.1, 0.15) is 50.2 Å². The van der Waals surface area contributed by atoms with Gasteiger partial charge in [-0.25, -0.2) is 0 Å². The van der Waals surface area contributed by atoms with Gasteiger partial charge in [0.05, 0.1) is 0 Å². The second-order valence-corrected chi connectivity index (χ2v) is 6.84. The van der Waals surface area contributed by atoms with Gasteiger partial charge in [-0.1, -0.05) is 43.5 Å². The molecule has 4 heteroatoms. The summed E-state index contributed by atoms with van der Waals surface area (Å²) < 4.78 is 0. The largest absolute Gasteiger partial charge is 0.344 e. The lowest BCUT2D eigenvalue weighted by Crippen LogP contribution is -2.49. The van der Waals surface area contributed by atoms with E-state index in [4.69, 9.17) is 0 Å². The van der Waals surface area contributed by atoms with Gasteiger partial charge >= 0.3 is 0 Å². The Morgan fingerprint density at radius 3 is 2.57 bits per heavy atom. The van der Waals surface area contributed by atoms with Gasteiger partial charge in [-0.15, -0.1) is 0 Å². The summed E-state index contributed by atoms with van der Waals surface area (Å²) in [6.45, 7) is 3.20. The van der Waals surface area contributed by atoms with Gasteiger partial charge in [0.25, 0.3) is 0 Å². The molecule has 1 aromatic carbocycles. The van der Waals surface area contributed by atoms with Crippen molar-refractivity contribution in [2.24, 2.45) is 5.92 Å². The summed E-state index contributed by atoms with van der Waals surface area (Å²) in [6, 6.07) is 7.84. The molecule has 2 amide bonds. The number of benzene rings is 1. The van der Waals surface area contributed by atoms with Crippen LogP contribution in [-0.4, -0.2) is 29.3 Å². The van der Waals surface area contributed by atoms with Gasteiger partial charge in [-0.3, -0.25) is 9.59 Å². The molecule has 1 aliphatic carbocycles. The molecule has 3 rings (SSSR count). The normalized spacial score (nSPS) is 19.8. The summed E-state index contributed by atoms with van der Waals surface area (Å²) in [7, 11) is 0. The van der Waals surface area contributed by atoms with Crippen LogP contribution < -0.4 is 5.32 Å². The van der Waals surface area contributed by atoms with E-state index in [1.807, 2.05) is 24.0 Å². The Kier molecular flexibility index (Phi) is 4.99. The Labute approximate surface area is 138 Å². The van der Waals surface area contributed by atoms with Crippen molar-refractivity contribution in [2.45, 2.75) is 58.0 Å². The molecule has 0 spiro atoms. The van der Waals surface area contributed by atoms with Gasteiger partial charge in [-0.05, 0) is 37.3 Å².